The Morgan fingerprint density at radius 2 is 1.81 bits per heavy atom. The Labute approximate surface area is 179 Å². The molecule has 156 valence electrons. The van der Waals surface area contributed by atoms with E-state index >= 15 is 0 Å². The zero-order valence-corrected chi connectivity index (χ0v) is 17.3. The number of fused-ring (bicyclic) bond motifs is 1. The molecule has 5 rings (SSSR count). The van der Waals surface area contributed by atoms with Gasteiger partial charge in [-0.2, -0.15) is 5.10 Å². The highest BCUT2D eigenvalue weighted by molar-refractivity contribution is 6.00. The third-order valence-corrected chi connectivity index (χ3v) is 6.08. The Morgan fingerprint density at radius 1 is 1.10 bits per heavy atom. The van der Waals surface area contributed by atoms with Crippen LogP contribution >= 0.6 is 0 Å². The second-order valence-electron chi connectivity index (χ2n) is 8.29. The molecule has 2 heterocycles. The molecule has 0 spiro atoms. The van der Waals surface area contributed by atoms with Crippen LogP contribution in [-0.2, 0) is 4.79 Å². The van der Waals surface area contributed by atoms with Crippen LogP contribution in [0.5, 0.6) is 0 Å². The molecule has 1 aromatic heterocycles. The summed E-state index contributed by atoms with van der Waals surface area (Å²) in [6.45, 7) is 3.98. The van der Waals surface area contributed by atoms with Gasteiger partial charge >= 0.3 is 0 Å². The van der Waals surface area contributed by atoms with Crippen molar-refractivity contribution in [3.8, 4) is 11.1 Å². The van der Waals surface area contributed by atoms with Crippen molar-refractivity contribution >= 4 is 17.3 Å². The number of aryl methyl sites for hydroxylation is 1. The van der Waals surface area contributed by atoms with E-state index in [9.17, 15) is 14.9 Å². The van der Waals surface area contributed by atoms with E-state index in [0.717, 1.165) is 34.8 Å². The molecular formula is C24H22N4O3. The van der Waals surface area contributed by atoms with Gasteiger partial charge in [-0.05, 0) is 30.9 Å². The number of nitrogens with one attached hydrogen (secondary N) is 1. The molecule has 1 aliphatic heterocycles. The van der Waals surface area contributed by atoms with Crippen molar-refractivity contribution in [3.63, 3.8) is 0 Å². The summed E-state index contributed by atoms with van der Waals surface area (Å²) in [5, 5.41) is 20.1. The monoisotopic (exact) mass is 414 g/mol. The van der Waals surface area contributed by atoms with E-state index in [2.05, 4.69) is 12.2 Å². The Hall–Kier alpha value is -3.74. The molecule has 0 saturated carbocycles. The lowest BCUT2D eigenvalue weighted by Crippen LogP contribution is -2.33. The molecule has 0 fully saturated rings. The van der Waals surface area contributed by atoms with E-state index in [0.29, 0.717) is 17.6 Å². The molecule has 1 N–H and O–H groups in total. The number of allylic oxidation sites excluding steroid dienone is 2. The molecular weight excluding hydrogens is 392 g/mol. The fourth-order valence-electron chi connectivity index (χ4n) is 4.80. The van der Waals surface area contributed by atoms with Gasteiger partial charge in [0.2, 0.25) is 0 Å². The maximum atomic E-state index is 13.2. The standard InChI is InChI=1S/C24H22N4O3/c1-14-12-18-22(20(29)13-14)23(17-10-6-7-11-19(17)28(30)31)27-24(25-18)21(15(2)26-27)16-8-4-3-5-9-16/h3-11,14,23,25H,12-13H2,1-2H3. The van der Waals surface area contributed by atoms with E-state index in [4.69, 9.17) is 5.10 Å². The van der Waals surface area contributed by atoms with Gasteiger partial charge in [-0.1, -0.05) is 49.4 Å². The first-order valence-corrected chi connectivity index (χ1v) is 10.4. The largest absolute Gasteiger partial charge is 0.343 e. The number of hydrogen-bond acceptors (Lipinski definition) is 5. The van der Waals surface area contributed by atoms with Crippen LogP contribution in [0.1, 0.15) is 37.1 Å². The van der Waals surface area contributed by atoms with Gasteiger partial charge in [0, 0.05) is 29.3 Å². The molecule has 7 heteroatoms. The molecule has 31 heavy (non-hydrogen) atoms. The van der Waals surface area contributed by atoms with Crippen LogP contribution in [0, 0.1) is 23.0 Å². The quantitative estimate of drug-likeness (QED) is 0.479. The van der Waals surface area contributed by atoms with Crippen molar-refractivity contribution in [1.82, 2.24) is 9.78 Å². The van der Waals surface area contributed by atoms with E-state index in [-0.39, 0.29) is 22.3 Å². The van der Waals surface area contributed by atoms with Crippen LogP contribution in [-0.4, -0.2) is 20.5 Å². The minimum absolute atomic E-state index is 0.00645. The Balaban J connectivity index is 1.79. The highest BCUT2D eigenvalue weighted by Crippen LogP contribution is 2.47. The number of aromatic nitrogens is 2. The number of nitrogens with zero attached hydrogens (tertiary/aromatic N) is 3. The summed E-state index contributed by atoms with van der Waals surface area (Å²) in [4.78, 5) is 24.6. The number of hydrogen-bond donors (Lipinski definition) is 1. The Morgan fingerprint density at radius 3 is 2.55 bits per heavy atom. The van der Waals surface area contributed by atoms with Crippen molar-refractivity contribution in [2.24, 2.45) is 5.92 Å². The van der Waals surface area contributed by atoms with Gasteiger partial charge in [0.05, 0.1) is 16.2 Å². The average molecular weight is 414 g/mol. The Bertz CT molecular complexity index is 1240. The zero-order valence-electron chi connectivity index (χ0n) is 17.3. The summed E-state index contributed by atoms with van der Waals surface area (Å²) < 4.78 is 1.76. The smallest absolute Gasteiger partial charge is 0.275 e. The van der Waals surface area contributed by atoms with Crippen LogP contribution in [0.2, 0.25) is 0 Å². The second kappa shape index (κ2) is 7.19. The van der Waals surface area contributed by atoms with Crippen LogP contribution < -0.4 is 5.32 Å². The minimum atomic E-state index is -0.635. The fraction of sp³-hybridized carbons (Fsp3) is 0.250. The van der Waals surface area contributed by atoms with E-state index in [1.807, 2.05) is 37.3 Å². The van der Waals surface area contributed by atoms with Crippen molar-refractivity contribution in [2.75, 3.05) is 5.32 Å². The summed E-state index contributed by atoms with van der Waals surface area (Å²) >= 11 is 0. The number of ketones is 1. The van der Waals surface area contributed by atoms with Gasteiger partial charge in [0.15, 0.2) is 5.78 Å². The van der Waals surface area contributed by atoms with Gasteiger partial charge in [-0.25, -0.2) is 4.68 Å². The van der Waals surface area contributed by atoms with Gasteiger partial charge in [0.1, 0.15) is 11.9 Å². The van der Waals surface area contributed by atoms with Gasteiger partial charge < -0.3 is 5.32 Å². The molecule has 2 atom stereocenters. The number of Topliss-reactive ketones (excluding diaryl/α,β-unsaturated/α-hetero) is 1. The van der Waals surface area contributed by atoms with Crippen molar-refractivity contribution in [2.45, 2.75) is 32.7 Å². The molecule has 2 aromatic carbocycles. The lowest BCUT2D eigenvalue weighted by atomic mass is 9.80. The van der Waals surface area contributed by atoms with Gasteiger partial charge in [-0.3, -0.25) is 14.9 Å². The number of anilines is 1. The number of carbonyl (C=O) groups excluding carboxylic acids is 1. The second-order valence-corrected chi connectivity index (χ2v) is 8.29. The number of benzene rings is 2. The van der Waals surface area contributed by atoms with Crippen LogP contribution in [0.3, 0.4) is 0 Å². The number of para-hydroxylation sites is 1. The normalized spacial score (nSPS) is 20.1. The van der Waals surface area contributed by atoms with Gasteiger partial charge in [-0.15, -0.1) is 0 Å². The third-order valence-electron chi connectivity index (χ3n) is 6.08. The molecule has 7 nitrogen and oxygen atoms in total. The summed E-state index contributed by atoms with van der Waals surface area (Å²) in [6.07, 6.45) is 1.15. The summed E-state index contributed by atoms with van der Waals surface area (Å²) in [7, 11) is 0. The molecule has 0 radical (unpaired) electrons. The fourth-order valence-corrected chi connectivity index (χ4v) is 4.80. The molecule has 0 saturated heterocycles. The number of rotatable bonds is 3. The molecule has 0 bridgehead atoms. The SMILES string of the molecule is Cc1nn2c(c1-c1ccccc1)NC1=C(C(=O)CC(C)C1)C2c1ccccc1[N+](=O)[O-]. The lowest BCUT2D eigenvalue weighted by molar-refractivity contribution is -0.385. The average Bonchev–Trinajstić information content (AvgIpc) is 3.08. The van der Waals surface area contributed by atoms with Crippen molar-refractivity contribution in [1.29, 1.82) is 0 Å². The maximum Gasteiger partial charge on any atom is 0.275 e. The number of nitro benzene ring substituents is 1. The first-order chi connectivity index (χ1) is 15.0. The third kappa shape index (κ3) is 3.04. The topological polar surface area (TPSA) is 90.1 Å². The van der Waals surface area contributed by atoms with Crippen LogP contribution in [0.15, 0.2) is 65.9 Å². The van der Waals surface area contributed by atoms with E-state index in [1.54, 1.807) is 22.9 Å². The predicted molar refractivity (Wildman–Crippen MR) is 118 cm³/mol. The van der Waals surface area contributed by atoms with E-state index in [1.165, 1.54) is 6.07 Å². The highest BCUT2D eigenvalue weighted by Gasteiger charge is 2.41. The van der Waals surface area contributed by atoms with Crippen molar-refractivity contribution in [3.05, 3.63) is 87.2 Å². The zero-order chi connectivity index (χ0) is 21.7. The summed E-state index contributed by atoms with van der Waals surface area (Å²) in [6, 6.07) is 15.9. The predicted octanol–water partition coefficient (Wildman–Crippen LogP) is 5.03. The summed E-state index contributed by atoms with van der Waals surface area (Å²) in [5.41, 5.74) is 4.66. The highest BCUT2D eigenvalue weighted by atomic mass is 16.6. The summed E-state index contributed by atoms with van der Waals surface area (Å²) in [5.74, 6) is 0.998. The van der Waals surface area contributed by atoms with Gasteiger partial charge in [0.25, 0.3) is 5.69 Å². The minimum Gasteiger partial charge on any atom is -0.343 e. The van der Waals surface area contributed by atoms with Crippen LogP contribution in [0.4, 0.5) is 11.5 Å². The molecule has 1 aliphatic carbocycles. The maximum absolute atomic E-state index is 13.2. The van der Waals surface area contributed by atoms with E-state index < -0.39 is 6.04 Å². The number of nitro groups is 1. The first-order valence-electron chi connectivity index (χ1n) is 10.4. The molecule has 0 amide bonds. The number of carbonyl (C=O) groups is 1. The lowest BCUT2D eigenvalue weighted by Gasteiger charge is -2.35. The molecule has 2 aliphatic rings. The van der Waals surface area contributed by atoms with Crippen LogP contribution in [0.25, 0.3) is 11.1 Å². The van der Waals surface area contributed by atoms with Crippen molar-refractivity contribution < 1.29 is 9.72 Å². The first kappa shape index (κ1) is 19.2. The Kier molecular flexibility index (Phi) is 4.46. The molecule has 2 unspecified atom stereocenters. The molecule has 3 aromatic rings.